The van der Waals surface area contributed by atoms with Gasteiger partial charge in [-0.05, 0) is 15.4 Å². The summed E-state index contributed by atoms with van der Waals surface area (Å²) in [4.78, 5) is 28.3. The molecule has 0 bridgehead atoms. The molecule has 1 fully saturated rings. The molecule has 0 amide bonds. The molecule has 2 rings (SSSR count). The number of nitrogens with one attached hydrogen (secondary N) is 1. The zero-order valence-corrected chi connectivity index (χ0v) is 12.7. The van der Waals surface area contributed by atoms with Gasteiger partial charge in [0.1, 0.15) is 11.8 Å². The predicted octanol–water partition coefficient (Wildman–Crippen LogP) is 0.239. The molecule has 9 nitrogen and oxygen atoms in total. The number of aromatic amines is 1. The highest BCUT2D eigenvalue weighted by molar-refractivity contribution is 14.1. The van der Waals surface area contributed by atoms with E-state index in [4.69, 9.17) is 10.3 Å². The monoisotopic (exact) mass is 403 g/mol. The molecule has 0 aliphatic carbocycles. The minimum absolute atomic E-state index is 0.125. The minimum Gasteiger partial charge on any atom is -0.394 e. The molecule has 110 valence electrons. The molecule has 1 aliphatic rings. The van der Waals surface area contributed by atoms with Crippen molar-refractivity contribution in [3.05, 3.63) is 43.0 Å². The van der Waals surface area contributed by atoms with Gasteiger partial charge in [0.25, 0.3) is 5.56 Å². The van der Waals surface area contributed by atoms with Crippen LogP contribution in [-0.4, -0.2) is 33.4 Å². The molecule has 2 heterocycles. The van der Waals surface area contributed by atoms with Crippen molar-refractivity contribution in [1.29, 1.82) is 0 Å². The van der Waals surface area contributed by atoms with Crippen LogP contribution in [0, 0.1) is 9.85 Å². The Morgan fingerprint density at radius 1 is 1.67 bits per heavy atom. The predicted molar refractivity (Wildman–Crippen MR) is 80.8 cm³/mol. The number of rotatable bonds is 3. The SMILES string of the molecule is [N-]=[N+]=N[C@H]1C[C@H](n2cc(C#CI)c(=O)[nH]c2=O)O[C@@H]1CO. The quantitative estimate of drug-likeness (QED) is 0.246. The molecule has 1 saturated heterocycles. The maximum Gasteiger partial charge on any atom is 0.330 e. The number of ether oxygens (including phenoxy) is 1. The molecule has 0 aromatic carbocycles. The summed E-state index contributed by atoms with van der Waals surface area (Å²) < 4.78 is 9.21. The van der Waals surface area contributed by atoms with Gasteiger partial charge in [-0.25, -0.2) is 4.79 Å². The summed E-state index contributed by atoms with van der Waals surface area (Å²) >= 11 is 1.78. The van der Waals surface area contributed by atoms with Crippen LogP contribution in [0.3, 0.4) is 0 Å². The van der Waals surface area contributed by atoms with Crippen LogP contribution in [0.15, 0.2) is 20.9 Å². The summed E-state index contributed by atoms with van der Waals surface area (Å²) in [6.45, 7) is -0.335. The van der Waals surface area contributed by atoms with E-state index < -0.39 is 29.6 Å². The van der Waals surface area contributed by atoms with Crippen LogP contribution in [0.1, 0.15) is 18.2 Å². The van der Waals surface area contributed by atoms with Gasteiger partial charge in [0.15, 0.2) is 0 Å². The van der Waals surface area contributed by atoms with E-state index in [0.717, 1.165) is 0 Å². The third-order valence-electron chi connectivity index (χ3n) is 3.04. The summed E-state index contributed by atoms with van der Waals surface area (Å²) in [5, 5.41) is 12.7. The second-order valence-corrected chi connectivity index (χ2v) is 4.79. The summed E-state index contributed by atoms with van der Waals surface area (Å²) in [7, 11) is 0. The average molecular weight is 403 g/mol. The van der Waals surface area contributed by atoms with Crippen molar-refractivity contribution in [2.75, 3.05) is 6.61 Å². The highest BCUT2D eigenvalue weighted by atomic mass is 127. The molecule has 1 aliphatic heterocycles. The maximum absolute atomic E-state index is 11.9. The van der Waals surface area contributed by atoms with Crippen LogP contribution in [-0.2, 0) is 4.74 Å². The second kappa shape index (κ2) is 6.77. The van der Waals surface area contributed by atoms with Gasteiger partial charge in [-0.15, -0.1) is 0 Å². The van der Waals surface area contributed by atoms with Crippen molar-refractivity contribution in [3.63, 3.8) is 0 Å². The molecule has 1 aromatic heterocycles. The molecule has 21 heavy (non-hydrogen) atoms. The van der Waals surface area contributed by atoms with Crippen molar-refractivity contribution in [2.24, 2.45) is 5.11 Å². The lowest BCUT2D eigenvalue weighted by molar-refractivity contribution is -0.0271. The van der Waals surface area contributed by atoms with Crippen molar-refractivity contribution >= 4 is 22.6 Å². The van der Waals surface area contributed by atoms with E-state index in [1.165, 1.54) is 10.8 Å². The van der Waals surface area contributed by atoms with Gasteiger partial charge in [-0.1, -0.05) is 5.11 Å². The molecule has 0 radical (unpaired) electrons. The standard InChI is InChI=1S/C11H10IN5O4/c12-2-1-6-4-17(11(20)14-10(6)19)9-3-7(15-16-13)8(5-18)21-9/h4,7-9,18H,3,5H2,(H,14,19,20)/t7-,8+,9+/m0/s1. The Kier molecular flexibility index (Phi) is 5.03. The van der Waals surface area contributed by atoms with Gasteiger partial charge in [0, 0.05) is 40.1 Å². The largest absolute Gasteiger partial charge is 0.394 e. The summed E-state index contributed by atoms with van der Waals surface area (Å²) in [6, 6.07) is -0.581. The van der Waals surface area contributed by atoms with Crippen molar-refractivity contribution in [3.8, 4) is 9.85 Å². The average Bonchev–Trinajstić information content (AvgIpc) is 2.85. The number of aliphatic hydroxyl groups excluding tert-OH is 1. The fourth-order valence-electron chi connectivity index (χ4n) is 2.08. The molecule has 0 unspecified atom stereocenters. The van der Waals surface area contributed by atoms with Gasteiger partial charge < -0.3 is 9.84 Å². The van der Waals surface area contributed by atoms with Gasteiger partial charge in [-0.2, -0.15) is 0 Å². The first kappa shape index (κ1) is 15.6. The normalized spacial score (nSPS) is 24.0. The first-order valence-electron chi connectivity index (χ1n) is 5.88. The van der Waals surface area contributed by atoms with Gasteiger partial charge in [0.05, 0.1) is 18.8 Å². The molecule has 10 heteroatoms. The summed E-state index contributed by atoms with van der Waals surface area (Å²) in [5.74, 6) is 2.57. The molecule has 2 N–H and O–H groups in total. The van der Waals surface area contributed by atoms with Crippen LogP contribution in [0.2, 0.25) is 0 Å². The highest BCUT2D eigenvalue weighted by Crippen LogP contribution is 2.29. The fraction of sp³-hybridized carbons (Fsp3) is 0.455. The van der Waals surface area contributed by atoms with Crippen molar-refractivity contribution < 1.29 is 9.84 Å². The van der Waals surface area contributed by atoms with E-state index in [0.29, 0.717) is 0 Å². The van der Waals surface area contributed by atoms with Crippen molar-refractivity contribution in [2.45, 2.75) is 24.8 Å². The van der Waals surface area contributed by atoms with E-state index >= 15 is 0 Å². The van der Waals surface area contributed by atoms with E-state index in [9.17, 15) is 14.7 Å². The van der Waals surface area contributed by atoms with Crippen LogP contribution in [0.5, 0.6) is 0 Å². The van der Waals surface area contributed by atoms with Crippen LogP contribution in [0.25, 0.3) is 10.4 Å². The Bertz CT molecular complexity index is 754. The zero-order chi connectivity index (χ0) is 15.4. The number of hydrogen-bond acceptors (Lipinski definition) is 5. The molecule has 3 atom stereocenters. The Morgan fingerprint density at radius 3 is 3.05 bits per heavy atom. The molecular formula is C11H10IN5O4. The topological polar surface area (TPSA) is 133 Å². The van der Waals surface area contributed by atoms with Gasteiger partial charge >= 0.3 is 5.69 Å². The van der Waals surface area contributed by atoms with E-state index in [1.54, 1.807) is 22.6 Å². The summed E-state index contributed by atoms with van der Waals surface area (Å²) in [6.07, 6.45) is 0.0866. The van der Waals surface area contributed by atoms with Gasteiger partial charge in [-0.3, -0.25) is 14.3 Å². The minimum atomic E-state index is -0.739. The lowest BCUT2D eigenvalue weighted by Gasteiger charge is -2.14. The number of nitrogens with zero attached hydrogens (tertiary/aromatic N) is 4. The number of aromatic nitrogens is 2. The lowest BCUT2D eigenvalue weighted by Crippen LogP contribution is -2.33. The Labute approximate surface area is 131 Å². The van der Waals surface area contributed by atoms with Gasteiger partial charge in [0.2, 0.25) is 0 Å². The summed E-state index contributed by atoms with van der Waals surface area (Å²) in [5.41, 5.74) is 7.38. The number of halogens is 1. The third kappa shape index (κ3) is 3.27. The lowest BCUT2D eigenvalue weighted by atomic mass is 10.1. The van der Waals surface area contributed by atoms with Crippen LogP contribution in [0.4, 0.5) is 0 Å². The Balaban J connectivity index is 2.40. The van der Waals surface area contributed by atoms with Crippen LogP contribution >= 0.6 is 22.6 Å². The third-order valence-corrected chi connectivity index (χ3v) is 3.31. The second-order valence-electron chi connectivity index (χ2n) is 4.25. The number of hydrogen-bond donors (Lipinski definition) is 2. The van der Waals surface area contributed by atoms with Crippen LogP contribution < -0.4 is 11.2 Å². The molecule has 1 aromatic rings. The smallest absolute Gasteiger partial charge is 0.330 e. The van der Waals surface area contributed by atoms with E-state index in [-0.39, 0.29) is 18.6 Å². The molecule has 0 saturated carbocycles. The number of azide groups is 1. The molecule has 0 spiro atoms. The first-order valence-corrected chi connectivity index (χ1v) is 6.96. The van der Waals surface area contributed by atoms with E-state index in [1.807, 2.05) is 0 Å². The maximum atomic E-state index is 11.9. The number of aliphatic hydroxyl groups is 1. The highest BCUT2D eigenvalue weighted by Gasteiger charge is 2.35. The van der Waals surface area contributed by atoms with E-state index in [2.05, 4.69) is 24.9 Å². The zero-order valence-electron chi connectivity index (χ0n) is 10.6. The first-order chi connectivity index (χ1) is 10.1. The van der Waals surface area contributed by atoms with Crippen molar-refractivity contribution in [1.82, 2.24) is 9.55 Å². The Morgan fingerprint density at radius 2 is 2.43 bits per heavy atom. The molecular weight excluding hydrogens is 393 g/mol. The fourth-order valence-corrected chi connectivity index (χ4v) is 2.37. The number of H-pyrrole nitrogens is 1. The Hall–Kier alpha value is -1.80.